The number of nitrogens with one attached hydrogen (secondary N) is 1. The van der Waals surface area contributed by atoms with Gasteiger partial charge in [0, 0.05) is 12.5 Å². The Bertz CT molecular complexity index is 346. The van der Waals surface area contributed by atoms with Gasteiger partial charge >= 0.3 is 0 Å². The average Bonchev–Trinajstić information content (AvgIpc) is 3.03. The third kappa shape index (κ3) is 2.39. The lowest BCUT2D eigenvalue weighted by molar-refractivity contribution is -0.0220. The van der Waals surface area contributed by atoms with Gasteiger partial charge in [0.2, 0.25) is 0 Å². The zero-order valence-corrected chi connectivity index (χ0v) is 11.8. The SMILES string of the molecule is CCC(CC)(OC)c1nc(C2CCCN2)cs1. The number of methoxy groups -OCH3 is 1. The molecule has 1 aromatic rings. The maximum Gasteiger partial charge on any atom is 0.125 e. The first-order valence-corrected chi connectivity index (χ1v) is 7.38. The summed E-state index contributed by atoms with van der Waals surface area (Å²) in [6, 6.07) is 0.461. The summed E-state index contributed by atoms with van der Waals surface area (Å²) in [5, 5.41) is 6.82. The summed E-state index contributed by atoms with van der Waals surface area (Å²) >= 11 is 1.74. The molecule has 0 spiro atoms. The summed E-state index contributed by atoms with van der Waals surface area (Å²) in [6.07, 6.45) is 4.42. The van der Waals surface area contributed by atoms with E-state index in [-0.39, 0.29) is 5.60 Å². The summed E-state index contributed by atoms with van der Waals surface area (Å²) in [7, 11) is 1.79. The molecule has 3 nitrogen and oxygen atoms in total. The van der Waals surface area contributed by atoms with Crippen molar-refractivity contribution in [1.29, 1.82) is 0 Å². The zero-order chi connectivity index (χ0) is 12.3. The first kappa shape index (κ1) is 13.0. The van der Waals surface area contributed by atoms with E-state index in [1.807, 2.05) is 0 Å². The molecule has 1 N–H and O–H groups in total. The van der Waals surface area contributed by atoms with E-state index in [4.69, 9.17) is 9.72 Å². The largest absolute Gasteiger partial charge is 0.371 e. The molecule has 0 aromatic carbocycles. The van der Waals surface area contributed by atoms with Crippen LogP contribution in [0.1, 0.15) is 56.3 Å². The Balaban J connectivity index is 2.21. The van der Waals surface area contributed by atoms with Crippen LogP contribution in [0.5, 0.6) is 0 Å². The highest BCUT2D eigenvalue weighted by atomic mass is 32.1. The first-order valence-electron chi connectivity index (χ1n) is 6.50. The Morgan fingerprint density at radius 3 is 2.82 bits per heavy atom. The van der Waals surface area contributed by atoms with Gasteiger partial charge in [-0.2, -0.15) is 0 Å². The molecule has 4 heteroatoms. The number of aromatic nitrogens is 1. The number of rotatable bonds is 5. The molecule has 0 amide bonds. The molecule has 1 saturated heterocycles. The van der Waals surface area contributed by atoms with Crippen LogP contribution < -0.4 is 5.32 Å². The Morgan fingerprint density at radius 2 is 2.29 bits per heavy atom. The summed E-state index contributed by atoms with van der Waals surface area (Å²) in [5.41, 5.74) is 1.02. The quantitative estimate of drug-likeness (QED) is 0.876. The van der Waals surface area contributed by atoms with Gasteiger partial charge in [0.05, 0.1) is 11.7 Å². The van der Waals surface area contributed by atoms with Gasteiger partial charge in [-0.1, -0.05) is 13.8 Å². The summed E-state index contributed by atoms with van der Waals surface area (Å²) in [5.74, 6) is 0. The van der Waals surface area contributed by atoms with Crippen molar-refractivity contribution in [2.75, 3.05) is 13.7 Å². The third-order valence-electron chi connectivity index (χ3n) is 3.86. The molecule has 1 aromatic heterocycles. The van der Waals surface area contributed by atoms with Crippen molar-refractivity contribution in [3.63, 3.8) is 0 Å². The van der Waals surface area contributed by atoms with Crippen LogP contribution in [0.15, 0.2) is 5.38 Å². The predicted molar refractivity (Wildman–Crippen MR) is 71.4 cm³/mol. The van der Waals surface area contributed by atoms with Crippen molar-refractivity contribution in [2.45, 2.75) is 51.2 Å². The van der Waals surface area contributed by atoms with E-state index >= 15 is 0 Å². The van der Waals surface area contributed by atoms with Crippen LogP contribution in [0, 0.1) is 0 Å². The standard InChI is InChI=1S/C13H22N2OS/c1-4-13(5-2,16-3)12-15-11(9-17-12)10-7-6-8-14-10/h9-10,14H,4-8H2,1-3H3. The molecule has 0 aliphatic carbocycles. The fourth-order valence-electron chi connectivity index (χ4n) is 2.52. The van der Waals surface area contributed by atoms with Crippen molar-refractivity contribution in [3.05, 3.63) is 16.1 Å². The molecule has 1 aliphatic rings. The zero-order valence-electron chi connectivity index (χ0n) is 11.0. The number of ether oxygens (including phenoxy) is 1. The molecule has 1 unspecified atom stereocenters. The summed E-state index contributed by atoms with van der Waals surface area (Å²) in [4.78, 5) is 4.81. The number of thiazole rings is 1. The fourth-order valence-corrected chi connectivity index (χ4v) is 3.72. The van der Waals surface area contributed by atoms with Gasteiger partial charge in [-0.15, -0.1) is 11.3 Å². The van der Waals surface area contributed by atoms with E-state index < -0.39 is 0 Å². The van der Waals surface area contributed by atoms with Gasteiger partial charge in [-0.05, 0) is 32.2 Å². The monoisotopic (exact) mass is 254 g/mol. The van der Waals surface area contributed by atoms with Crippen molar-refractivity contribution < 1.29 is 4.74 Å². The predicted octanol–water partition coefficient (Wildman–Crippen LogP) is 3.23. The van der Waals surface area contributed by atoms with E-state index in [1.54, 1.807) is 18.4 Å². The molecule has 96 valence electrons. The van der Waals surface area contributed by atoms with Crippen molar-refractivity contribution >= 4 is 11.3 Å². The van der Waals surface area contributed by atoms with Crippen LogP contribution in [0.2, 0.25) is 0 Å². The molecule has 1 atom stereocenters. The maximum absolute atomic E-state index is 5.73. The van der Waals surface area contributed by atoms with Crippen LogP contribution in [0.4, 0.5) is 0 Å². The Morgan fingerprint density at radius 1 is 1.53 bits per heavy atom. The lowest BCUT2D eigenvalue weighted by Gasteiger charge is -2.27. The van der Waals surface area contributed by atoms with Crippen LogP contribution in [0.3, 0.4) is 0 Å². The van der Waals surface area contributed by atoms with Crippen molar-refractivity contribution in [2.24, 2.45) is 0 Å². The van der Waals surface area contributed by atoms with E-state index in [0.29, 0.717) is 6.04 Å². The van der Waals surface area contributed by atoms with Crippen LogP contribution in [-0.2, 0) is 10.3 Å². The second kappa shape index (κ2) is 5.46. The van der Waals surface area contributed by atoms with Gasteiger partial charge in [-0.25, -0.2) is 4.98 Å². The molecule has 17 heavy (non-hydrogen) atoms. The molecule has 1 aliphatic heterocycles. The highest BCUT2D eigenvalue weighted by Crippen LogP contribution is 2.36. The highest BCUT2D eigenvalue weighted by Gasteiger charge is 2.32. The minimum atomic E-state index is -0.179. The Labute approximate surface area is 108 Å². The van der Waals surface area contributed by atoms with Gasteiger partial charge < -0.3 is 10.1 Å². The van der Waals surface area contributed by atoms with Crippen molar-refractivity contribution in [3.8, 4) is 0 Å². The van der Waals surface area contributed by atoms with E-state index in [0.717, 1.165) is 24.4 Å². The lowest BCUT2D eigenvalue weighted by Crippen LogP contribution is -2.26. The highest BCUT2D eigenvalue weighted by molar-refractivity contribution is 7.09. The topological polar surface area (TPSA) is 34.1 Å². The number of hydrogen-bond acceptors (Lipinski definition) is 4. The molecule has 0 radical (unpaired) electrons. The van der Waals surface area contributed by atoms with E-state index in [9.17, 15) is 0 Å². The number of nitrogens with zero attached hydrogens (tertiary/aromatic N) is 1. The van der Waals surface area contributed by atoms with Crippen LogP contribution >= 0.6 is 11.3 Å². The molecule has 0 bridgehead atoms. The fraction of sp³-hybridized carbons (Fsp3) is 0.769. The second-order valence-corrected chi connectivity index (χ2v) is 5.49. The maximum atomic E-state index is 5.73. The lowest BCUT2D eigenvalue weighted by atomic mass is 9.98. The van der Waals surface area contributed by atoms with E-state index in [2.05, 4.69) is 24.5 Å². The smallest absolute Gasteiger partial charge is 0.125 e. The average molecular weight is 254 g/mol. The van der Waals surface area contributed by atoms with Crippen molar-refractivity contribution in [1.82, 2.24) is 10.3 Å². The second-order valence-electron chi connectivity index (χ2n) is 4.63. The molecular weight excluding hydrogens is 232 g/mol. The van der Waals surface area contributed by atoms with Crippen LogP contribution in [0.25, 0.3) is 0 Å². The molecular formula is C13H22N2OS. The minimum absolute atomic E-state index is 0.179. The van der Waals surface area contributed by atoms with Gasteiger partial charge in [0.1, 0.15) is 10.6 Å². The van der Waals surface area contributed by atoms with Gasteiger partial charge in [0.25, 0.3) is 0 Å². The molecule has 0 saturated carbocycles. The third-order valence-corrected chi connectivity index (χ3v) is 4.91. The van der Waals surface area contributed by atoms with E-state index in [1.165, 1.54) is 18.5 Å². The van der Waals surface area contributed by atoms with Gasteiger partial charge in [0.15, 0.2) is 0 Å². The number of hydrogen-bond donors (Lipinski definition) is 1. The first-order chi connectivity index (χ1) is 8.25. The molecule has 2 heterocycles. The minimum Gasteiger partial charge on any atom is -0.371 e. The summed E-state index contributed by atoms with van der Waals surface area (Å²) < 4.78 is 5.73. The Kier molecular flexibility index (Phi) is 4.17. The van der Waals surface area contributed by atoms with Gasteiger partial charge in [-0.3, -0.25) is 0 Å². The molecule has 1 fully saturated rings. The summed E-state index contributed by atoms with van der Waals surface area (Å²) in [6.45, 7) is 5.46. The molecule has 2 rings (SSSR count). The Hall–Kier alpha value is -0.450. The normalized spacial score (nSPS) is 21.0. The van der Waals surface area contributed by atoms with Crippen LogP contribution in [-0.4, -0.2) is 18.6 Å².